The number of methoxy groups -OCH3 is 1. The molecule has 2 aliphatic heterocycles. The maximum Gasteiger partial charge on any atom is 0.252 e. The fourth-order valence-corrected chi connectivity index (χ4v) is 7.02. The van der Waals surface area contributed by atoms with E-state index in [2.05, 4.69) is 10.6 Å². The molecule has 30 heavy (non-hydrogen) atoms. The van der Waals surface area contributed by atoms with Crippen molar-refractivity contribution >= 4 is 38.8 Å². The highest BCUT2D eigenvalue weighted by Crippen LogP contribution is 2.32. The van der Waals surface area contributed by atoms with Crippen molar-refractivity contribution in [1.82, 2.24) is 14.9 Å². The minimum absolute atomic E-state index is 0.298. The Morgan fingerprint density at radius 3 is 2.60 bits per heavy atom. The summed E-state index contributed by atoms with van der Waals surface area (Å²) >= 11 is 7.04. The number of benzene rings is 1. The molecule has 10 heteroatoms. The molecule has 2 N–H and O–H groups in total. The van der Waals surface area contributed by atoms with Crippen LogP contribution < -0.4 is 15.4 Å². The van der Waals surface area contributed by atoms with Gasteiger partial charge in [0.15, 0.2) is 0 Å². The zero-order valence-corrected chi connectivity index (χ0v) is 19.1. The van der Waals surface area contributed by atoms with Gasteiger partial charge in [0.1, 0.15) is 15.8 Å². The van der Waals surface area contributed by atoms with Crippen molar-refractivity contribution in [2.75, 3.05) is 33.3 Å². The monoisotopic (exact) mass is 468 g/mol. The van der Waals surface area contributed by atoms with Crippen molar-refractivity contribution in [1.29, 1.82) is 0 Å². The van der Waals surface area contributed by atoms with Crippen LogP contribution in [-0.2, 0) is 16.6 Å². The first-order valence-corrected chi connectivity index (χ1v) is 12.5. The third-order valence-corrected chi connectivity index (χ3v) is 9.23. The van der Waals surface area contributed by atoms with Crippen molar-refractivity contribution in [3.63, 3.8) is 0 Å². The van der Waals surface area contributed by atoms with Crippen LogP contribution in [0.2, 0.25) is 4.34 Å². The summed E-state index contributed by atoms with van der Waals surface area (Å²) in [4.78, 5) is 4.74. The summed E-state index contributed by atoms with van der Waals surface area (Å²) in [6.45, 7) is 3.04. The molecular weight excluding hydrogens is 444 g/mol. The van der Waals surface area contributed by atoms with Crippen LogP contribution in [0.1, 0.15) is 18.4 Å². The first kappa shape index (κ1) is 21.6. The van der Waals surface area contributed by atoms with Crippen molar-refractivity contribution in [3.8, 4) is 5.75 Å². The number of sulfonamides is 1. The van der Waals surface area contributed by atoms with Crippen LogP contribution in [-0.4, -0.2) is 57.4 Å². The summed E-state index contributed by atoms with van der Waals surface area (Å²) in [7, 11) is -1.86. The maximum atomic E-state index is 12.9. The van der Waals surface area contributed by atoms with E-state index in [1.54, 1.807) is 23.5 Å². The van der Waals surface area contributed by atoms with E-state index in [1.807, 2.05) is 24.3 Å². The molecule has 1 spiro atoms. The van der Waals surface area contributed by atoms with Crippen LogP contribution in [0.15, 0.2) is 45.6 Å². The highest BCUT2D eigenvalue weighted by atomic mass is 35.5. The third kappa shape index (κ3) is 4.36. The average molecular weight is 469 g/mol. The Kier molecular flexibility index (Phi) is 6.36. The predicted octanol–water partition coefficient (Wildman–Crippen LogP) is 2.72. The first-order chi connectivity index (χ1) is 14.4. The summed E-state index contributed by atoms with van der Waals surface area (Å²) < 4.78 is 33.4. The smallest absolute Gasteiger partial charge is 0.252 e. The molecule has 2 aliphatic rings. The van der Waals surface area contributed by atoms with Crippen LogP contribution in [0.25, 0.3) is 0 Å². The summed E-state index contributed by atoms with van der Waals surface area (Å²) in [5.41, 5.74) is 0.818. The molecule has 0 saturated carbocycles. The van der Waals surface area contributed by atoms with E-state index in [1.165, 1.54) is 0 Å². The van der Waals surface area contributed by atoms with Gasteiger partial charge < -0.3 is 15.4 Å². The van der Waals surface area contributed by atoms with Crippen molar-refractivity contribution in [2.24, 2.45) is 4.99 Å². The molecule has 0 atom stereocenters. The second-order valence-electron chi connectivity index (χ2n) is 7.40. The number of ether oxygens (including phenoxy) is 1. The van der Waals surface area contributed by atoms with Gasteiger partial charge in [-0.1, -0.05) is 23.7 Å². The largest absolute Gasteiger partial charge is 0.497 e. The summed E-state index contributed by atoms with van der Waals surface area (Å²) in [6.07, 6.45) is 1.33. The van der Waals surface area contributed by atoms with Crippen molar-refractivity contribution in [3.05, 3.63) is 46.3 Å². The highest BCUT2D eigenvalue weighted by Gasteiger charge is 2.43. The van der Waals surface area contributed by atoms with Crippen molar-refractivity contribution in [2.45, 2.75) is 29.1 Å². The molecule has 1 aromatic carbocycles. The van der Waals surface area contributed by atoms with E-state index in [-0.39, 0.29) is 5.54 Å². The summed E-state index contributed by atoms with van der Waals surface area (Å²) in [5.74, 6) is 1.74. The number of halogens is 1. The Bertz CT molecular complexity index is 1010. The van der Waals surface area contributed by atoms with Gasteiger partial charge in [-0.3, -0.25) is 4.99 Å². The number of piperidine rings is 1. The topological polar surface area (TPSA) is 83.0 Å². The summed E-state index contributed by atoms with van der Waals surface area (Å²) in [5, 5.41) is 7.09. The Balaban J connectivity index is 1.43. The first-order valence-electron chi connectivity index (χ1n) is 9.85. The fourth-order valence-electron chi connectivity index (χ4n) is 3.94. The number of aliphatic imine (C=N–C) groups is 1. The number of hydrogen-bond donors (Lipinski definition) is 2. The molecule has 0 amide bonds. The van der Waals surface area contributed by atoms with Gasteiger partial charge in [0.05, 0.1) is 23.5 Å². The SMILES string of the molecule is COc1ccc(CNC2=NCCNC23CCN(S(=O)(=O)c2ccc(Cl)s2)CC3)cc1. The van der Waals surface area contributed by atoms with E-state index in [4.69, 9.17) is 21.3 Å². The van der Waals surface area contributed by atoms with E-state index in [0.717, 1.165) is 35.0 Å². The van der Waals surface area contributed by atoms with Crippen LogP contribution in [0, 0.1) is 0 Å². The lowest BCUT2D eigenvalue weighted by Crippen LogP contribution is -2.64. The lowest BCUT2D eigenvalue weighted by Gasteiger charge is -2.44. The molecule has 3 heterocycles. The van der Waals surface area contributed by atoms with Crippen molar-refractivity contribution < 1.29 is 13.2 Å². The lowest BCUT2D eigenvalue weighted by molar-refractivity contribution is 0.241. The van der Waals surface area contributed by atoms with Gasteiger partial charge in [0.2, 0.25) is 0 Å². The number of hydrogen-bond acceptors (Lipinski definition) is 7. The Morgan fingerprint density at radius 2 is 1.97 bits per heavy atom. The van der Waals surface area contributed by atoms with Crippen LogP contribution in [0.4, 0.5) is 0 Å². The van der Waals surface area contributed by atoms with Gasteiger partial charge in [0, 0.05) is 26.2 Å². The summed E-state index contributed by atoms with van der Waals surface area (Å²) in [6, 6.07) is 11.1. The Hall–Kier alpha value is -1.65. The molecule has 4 rings (SSSR count). The highest BCUT2D eigenvalue weighted by molar-refractivity contribution is 7.91. The minimum Gasteiger partial charge on any atom is -0.497 e. The second kappa shape index (κ2) is 8.84. The van der Waals surface area contributed by atoms with Crippen LogP contribution in [0.3, 0.4) is 0 Å². The van der Waals surface area contributed by atoms with E-state index >= 15 is 0 Å². The van der Waals surface area contributed by atoms with Gasteiger partial charge >= 0.3 is 0 Å². The predicted molar refractivity (Wildman–Crippen MR) is 120 cm³/mol. The molecular formula is C20H25ClN4O3S2. The zero-order valence-electron chi connectivity index (χ0n) is 16.7. The number of nitrogens with zero attached hydrogens (tertiary/aromatic N) is 2. The standard InChI is InChI=1S/C20H25ClN4O3S2/c1-28-16-4-2-15(3-5-16)14-23-19-20(24-11-10-22-19)8-12-25(13-9-20)30(26,27)18-7-6-17(21)29-18/h2-7,24H,8-14H2,1H3,(H,22,23). The van der Waals surface area contributed by atoms with E-state index < -0.39 is 10.0 Å². The number of amidine groups is 1. The minimum atomic E-state index is -3.51. The van der Waals surface area contributed by atoms with Gasteiger partial charge in [-0.05, 0) is 42.7 Å². The van der Waals surface area contributed by atoms with Gasteiger partial charge in [-0.15, -0.1) is 11.3 Å². The zero-order chi connectivity index (χ0) is 21.2. The van der Waals surface area contributed by atoms with Crippen LogP contribution >= 0.6 is 22.9 Å². The van der Waals surface area contributed by atoms with Gasteiger partial charge in [-0.25, -0.2) is 8.42 Å². The Labute approximate surface area is 186 Å². The van der Waals surface area contributed by atoms with Gasteiger partial charge in [0.25, 0.3) is 10.0 Å². The molecule has 0 bridgehead atoms. The number of rotatable bonds is 5. The third-order valence-electron chi connectivity index (χ3n) is 5.64. The normalized spacial score (nSPS) is 19.5. The molecule has 7 nitrogen and oxygen atoms in total. The average Bonchev–Trinajstić information content (AvgIpc) is 3.21. The molecule has 2 aromatic rings. The fraction of sp³-hybridized carbons (Fsp3) is 0.450. The molecule has 0 radical (unpaired) electrons. The molecule has 0 aliphatic carbocycles. The van der Waals surface area contributed by atoms with E-state index in [0.29, 0.717) is 47.6 Å². The van der Waals surface area contributed by atoms with Gasteiger partial charge in [-0.2, -0.15) is 4.31 Å². The molecule has 162 valence electrons. The maximum absolute atomic E-state index is 12.9. The lowest BCUT2D eigenvalue weighted by atomic mass is 9.85. The Morgan fingerprint density at radius 1 is 1.23 bits per heavy atom. The van der Waals surface area contributed by atoms with Crippen LogP contribution in [0.5, 0.6) is 5.75 Å². The number of nitrogens with one attached hydrogen (secondary N) is 2. The number of thiophene rings is 1. The second-order valence-corrected chi connectivity index (χ2v) is 11.3. The molecule has 0 unspecified atom stereocenters. The quantitative estimate of drug-likeness (QED) is 0.705. The molecule has 1 aromatic heterocycles. The van der Waals surface area contributed by atoms with E-state index in [9.17, 15) is 8.42 Å². The molecule has 1 saturated heterocycles. The molecule has 1 fully saturated rings.